The molecule has 1 amide bonds. The molecule has 1 saturated heterocycles. The van der Waals surface area contributed by atoms with Crippen LogP contribution in [0.5, 0.6) is 0 Å². The normalized spacial score (nSPS) is 18.9. The highest BCUT2D eigenvalue weighted by atomic mass is 79.9. The molecule has 1 aliphatic heterocycles. The number of halogens is 1. The fourth-order valence-corrected chi connectivity index (χ4v) is 4.38. The summed E-state index contributed by atoms with van der Waals surface area (Å²) in [5.74, 6) is -0.0525. The predicted octanol–water partition coefficient (Wildman–Crippen LogP) is 3.72. The van der Waals surface area contributed by atoms with Crippen molar-refractivity contribution in [1.82, 2.24) is 19.9 Å². The highest BCUT2D eigenvalue weighted by molar-refractivity contribution is 9.10. The van der Waals surface area contributed by atoms with Crippen molar-refractivity contribution in [2.45, 2.75) is 25.5 Å². The van der Waals surface area contributed by atoms with Crippen molar-refractivity contribution in [3.8, 4) is 11.3 Å². The van der Waals surface area contributed by atoms with Gasteiger partial charge in [0.1, 0.15) is 16.4 Å². The molecule has 7 nitrogen and oxygen atoms in total. The maximum atomic E-state index is 11.6. The van der Waals surface area contributed by atoms with E-state index in [9.17, 15) is 4.79 Å². The number of aryl methyl sites for hydroxylation is 1. The zero-order valence-electron chi connectivity index (χ0n) is 14.5. The van der Waals surface area contributed by atoms with Gasteiger partial charge >= 0.3 is 0 Å². The van der Waals surface area contributed by atoms with E-state index in [4.69, 9.17) is 4.98 Å². The van der Waals surface area contributed by atoms with Gasteiger partial charge in [-0.15, -0.1) is 5.10 Å². The van der Waals surface area contributed by atoms with Crippen molar-refractivity contribution in [3.05, 3.63) is 39.4 Å². The van der Waals surface area contributed by atoms with E-state index >= 15 is 0 Å². The number of rotatable bonds is 4. The van der Waals surface area contributed by atoms with Crippen LogP contribution < -0.4 is 5.32 Å². The van der Waals surface area contributed by atoms with Crippen molar-refractivity contribution in [2.75, 3.05) is 0 Å². The Balaban J connectivity index is 1.74. The molecule has 27 heavy (non-hydrogen) atoms. The number of amides is 1. The Bertz CT molecular complexity index is 1070. The van der Waals surface area contributed by atoms with Crippen molar-refractivity contribution in [2.24, 2.45) is 10.2 Å². The smallest absolute Gasteiger partial charge is 0.239 e. The lowest BCUT2D eigenvalue weighted by molar-refractivity contribution is -0.118. The number of benzene rings is 1. The average Bonchev–Trinajstić information content (AvgIpc) is 3.30. The summed E-state index contributed by atoms with van der Waals surface area (Å²) in [7, 11) is 0. The molecule has 0 spiro atoms. The van der Waals surface area contributed by atoms with E-state index in [1.54, 1.807) is 22.1 Å². The van der Waals surface area contributed by atoms with Gasteiger partial charge in [-0.05, 0) is 25.5 Å². The highest BCUT2D eigenvalue weighted by Gasteiger charge is 2.25. The van der Waals surface area contributed by atoms with Crippen molar-refractivity contribution >= 4 is 61.3 Å². The molecule has 0 bridgehead atoms. The molecule has 1 unspecified atom stereocenters. The topological polar surface area (TPSA) is 84.0 Å². The Kier molecular flexibility index (Phi) is 5.11. The average molecular weight is 463 g/mol. The van der Waals surface area contributed by atoms with Crippen LogP contribution >= 0.6 is 39.0 Å². The number of carbonyl (C=O) groups excluding carboxylic acids is 1. The van der Waals surface area contributed by atoms with Gasteiger partial charge in [0.25, 0.3) is 0 Å². The van der Waals surface area contributed by atoms with Crippen LogP contribution in [0, 0.1) is 0 Å². The van der Waals surface area contributed by atoms with Crippen molar-refractivity contribution < 1.29 is 4.79 Å². The van der Waals surface area contributed by atoms with Gasteiger partial charge in [-0.25, -0.2) is 9.50 Å². The molecule has 1 aliphatic rings. The molecule has 0 radical (unpaired) electrons. The fourth-order valence-electron chi connectivity index (χ4n) is 2.52. The molecule has 3 aromatic rings. The standard InChI is InChI=1S/C17H15BrN6OS2/c1-3-13-23-24-12(8-19-22-16-21-15(25)9(2)26-16)14(20-17(24)27-13)10-4-6-11(18)7-5-10/h4-9H,3H2,1-2H3,(H,21,22,25)/b19-8+. The molecule has 1 atom stereocenters. The van der Waals surface area contributed by atoms with Gasteiger partial charge in [0.15, 0.2) is 5.17 Å². The number of hydrogen-bond donors (Lipinski definition) is 1. The van der Waals surface area contributed by atoms with Crippen LogP contribution in [0.25, 0.3) is 16.2 Å². The molecule has 1 aromatic carbocycles. The van der Waals surface area contributed by atoms with E-state index in [0.717, 1.165) is 37.8 Å². The second-order valence-corrected chi connectivity index (χ2v) is 9.08. The predicted molar refractivity (Wildman–Crippen MR) is 114 cm³/mol. The van der Waals surface area contributed by atoms with E-state index in [0.29, 0.717) is 5.17 Å². The maximum Gasteiger partial charge on any atom is 0.239 e. The SMILES string of the molecule is CCc1nn2c(/C=N/N=C3/NC(=O)C(C)S3)c(-c3ccc(Br)cc3)nc2s1. The number of thioether (sulfide) groups is 1. The molecular weight excluding hydrogens is 448 g/mol. The molecule has 138 valence electrons. The van der Waals surface area contributed by atoms with E-state index in [-0.39, 0.29) is 11.2 Å². The second kappa shape index (κ2) is 7.53. The van der Waals surface area contributed by atoms with Crippen LogP contribution in [-0.2, 0) is 11.2 Å². The first-order chi connectivity index (χ1) is 13.0. The minimum Gasteiger partial charge on any atom is -0.303 e. The van der Waals surface area contributed by atoms with Crippen molar-refractivity contribution in [3.63, 3.8) is 0 Å². The third-order valence-electron chi connectivity index (χ3n) is 3.92. The van der Waals surface area contributed by atoms with Gasteiger partial charge < -0.3 is 5.32 Å². The van der Waals surface area contributed by atoms with Gasteiger partial charge in [-0.2, -0.15) is 10.2 Å². The number of amidine groups is 1. The molecule has 3 heterocycles. The lowest BCUT2D eigenvalue weighted by Gasteiger charge is -1.99. The highest BCUT2D eigenvalue weighted by Crippen LogP contribution is 2.27. The first kappa shape index (κ1) is 18.3. The molecule has 2 aromatic heterocycles. The summed E-state index contributed by atoms with van der Waals surface area (Å²) in [5.41, 5.74) is 2.53. The van der Waals surface area contributed by atoms with E-state index < -0.39 is 0 Å². The van der Waals surface area contributed by atoms with Crippen LogP contribution in [0.4, 0.5) is 0 Å². The number of carbonyl (C=O) groups is 1. The molecule has 1 N–H and O–H groups in total. The number of imidazole rings is 1. The van der Waals surface area contributed by atoms with Gasteiger partial charge in [0.05, 0.1) is 11.5 Å². The summed E-state index contributed by atoms with van der Waals surface area (Å²) >= 11 is 6.38. The minimum atomic E-state index is -0.149. The van der Waals surface area contributed by atoms with Crippen LogP contribution in [-0.4, -0.2) is 37.1 Å². The number of aromatic nitrogens is 3. The number of nitrogens with zero attached hydrogens (tertiary/aromatic N) is 5. The van der Waals surface area contributed by atoms with E-state index in [1.165, 1.54) is 11.8 Å². The van der Waals surface area contributed by atoms with Crippen molar-refractivity contribution in [1.29, 1.82) is 0 Å². The zero-order valence-corrected chi connectivity index (χ0v) is 17.7. The first-order valence-electron chi connectivity index (χ1n) is 8.28. The largest absolute Gasteiger partial charge is 0.303 e. The Morgan fingerprint density at radius 1 is 1.37 bits per heavy atom. The van der Waals surface area contributed by atoms with Gasteiger partial charge in [-0.3, -0.25) is 4.79 Å². The third-order valence-corrected chi connectivity index (χ3v) is 6.47. The Hall–Kier alpha value is -2.04. The molecule has 10 heteroatoms. The monoisotopic (exact) mass is 462 g/mol. The summed E-state index contributed by atoms with van der Waals surface area (Å²) in [5, 5.41) is 17.0. The van der Waals surface area contributed by atoms with Gasteiger partial charge in [0.2, 0.25) is 10.9 Å². The summed E-state index contributed by atoms with van der Waals surface area (Å²) in [6.45, 7) is 3.90. The lowest BCUT2D eigenvalue weighted by atomic mass is 10.1. The van der Waals surface area contributed by atoms with E-state index in [2.05, 4.69) is 43.5 Å². The van der Waals surface area contributed by atoms with Crippen LogP contribution in [0.2, 0.25) is 0 Å². The van der Waals surface area contributed by atoms with Crippen LogP contribution in [0.3, 0.4) is 0 Å². The minimum absolute atomic E-state index is 0.0525. The summed E-state index contributed by atoms with van der Waals surface area (Å²) in [6.07, 6.45) is 2.49. The number of hydrogen-bond acceptors (Lipinski definition) is 7. The summed E-state index contributed by atoms with van der Waals surface area (Å²) in [4.78, 5) is 17.1. The fraction of sp³-hybridized carbons (Fsp3) is 0.235. The Morgan fingerprint density at radius 2 is 2.15 bits per heavy atom. The third kappa shape index (κ3) is 3.69. The number of nitrogens with one attached hydrogen (secondary N) is 1. The first-order valence-corrected chi connectivity index (χ1v) is 10.8. The van der Waals surface area contributed by atoms with Gasteiger partial charge in [-0.1, -0.05) is 58.1 Å². The number of fused-ring (bicyclic) bond motifs is 1. The summed E-state index contributed by atoms with van der Waals surface area (Å²) in [6, 6.07) is 7.94. The molecule has 4 rings (SSSR count). The molecule has 1 fully saturated rings. The van der Waals surface area contributed by atoms with Crippen LogP contribution in [0.1, 0.15) is 24.5 Å². The Labute approximate surface area is 172 Å². The molecular formula is C17H15BrN6OS2. The van der Waals surface area contributed by atoms with E-state index in [1.807, 2.05) is 31.2 Å². The Morgan fingerprint density at radius 3 is 2.81 bits per heavy atom. The molecule has 0 aliphatic carbocycles. The molecule has 0 saturated carbocycles. The maximum absolute atomic E-state index is 11.6. The second-order valence-electron chi connectivity index (χ2n) is 5.80. The lowest BCUT2D eigenvalue weighted by Crippen LogP contribution is -2.23. The quantitative estimate of drug-likeness (QED) is 0.472. The van der Waals surface area contributed by atoms with Crippen LogP contribution in [0.15, 0.2) is 38.9 Å². The zero-order chi connectivity index (χ0) is 19.0. The summed E-state index contributed by atoms with van der Waals surface area (Å²) < 4.78 is 2.80. The van der Waals surface area contributed by atoms with Gasteiger partial charge in [0, 0.05) is 10.0 Å².